The first kappa shape index (κ1) is 19.8. The highest BCUT2D eigenvalue weighted by atomic mass is 127. The zero-order chi connectivity index (χ0) is 16.2. The monoisotopic (exact) mass is 443 g/mol. The second-order valence-electron chi connectivity index (χ2n) is 5.15. The topological polar surface area (TPSA) is 54.2 Å². The number of rotatable bonds is 4. The zero-order valence-electron chi connectivity index (χ0n) is 13.0. The van der Waals surface area contributed by atoms with Crippen LogP contribution in [-0.2, 0) is 19.8 Å². The SMILES string of the molecule is CCNC(=NCc1cn(C)nc1C(F)(F)F)NC1CC=CC1.I. The Morgan fingerprint density at radius 2 is 2.04 bits per heavy atom. The molecule has 1 aromatic rings. The molecule has 23 heavy (non-hydrogen) atoms. The molecular formula is C14H21F3IN5. The summed E-state index contributed by atoms with van der Waals surface area (Å²) >= 11 is 0. The standard InChI is InChI=1S/C14H20F3N5.HI/c1-3-18-13(20-11-6-4-5-7-11)19-8-10-9-22(2)21-12(10)14(15,16)17;/h4-5,9,11H,3,6-8H2,1-2H3,(H2,18,19,20);1H. The summed E-state index contributed by atoms with van der Waals surface area (Å²) in [4.78, 5) is 4.25. The first-order chi connectivity index (χ1) is 10.4. The van der Waals surface area contributed by atoms with Gasteiger partial charge in [-0.3, -0.25) is 4.68 Å². The van der Waals surface area contributed by atoms with Crippen LogP contribution in [0.1, 0.15) is 31.0 Å². The number of alkyl halides is 3. The minimum atomic E-state index is -4.47. The highest BCUT2D eigenvalue weighted by Crippen LogP contribution is 2.30. The number of hydrogen-bond acceptors (Lipinski definition) is 2. The molecule has 5 nitrogen and oxygen atoms in total. The summed E-state index contributed by atoms with van der Waals surface area (Å²) in [6, 6.07) is 0.244. The van der Waals surface area contributed by atoms with Crippen LogP contribution in [0.25, 0.3) is 0 Å². The largest absolute Gasteiger partial charge is 0.435 e. The van der Waals surface area contributed by atoms with Gasteiger partial charge >= 0.3 is 6.18 Å². The van der Waals surface area contributed by atoms with Crippen LogP contribution in [0.5, 0.6) is 0 Å². The molecule has 1 heterocycles. The van der Waals surface area contributed by atoms with Gasteiger partial charge < -0.3 is 10.6 Å². The number of aryl methyl sites for hydroxylation is 1. The molecule has 0 aromatic carbocycles. The number of nitrogens with zero attached hydrogens (tertiary/aromatic N) is 3. The van der Waals surface area contributed by atoms with Crippen LogP contribution >= 0.6 is 24.0 Å². The summed E-state index contributed by atoms with van der Waals surface area (Å²) in [5, 5.41) is 9.75. The van der Waals surface area contributed by atoms with Crippen molar-refractivity contribution in [1.29, 1.82) is 0 Å². The molecule has 0 aliphatic heterocycles. The summed E-state index contributed by atoms with van der Waals surface area (Å²) < 4.78 is 39.9. The Bertz CT molecular complexity index is 557. The van der Waals surface area contributed by atoms with E-state index >= 15 is 0 Å². The summed E-state index contributed by atoms with van der Waals surface area (Å²) in [7, 11) is 1.47. The molecule has 2 N–H and O–H groups in total. The maximum atomic E-state index is 12.9. The fourth-order valence-corrected chi connectivity index (χ4v) is 2.30. The van der Waals surface area contributed by atoms with Crippen molar-refractivity contribution in [3.05, 3.63) is 29.6 Å². The first-order valence-corrected chi connectivity index (χ1v) is 7.19. The number of aliphatic imine (C=N–C) groups is 1. The van der Waals surface area contributed by atoms with E-state index in [9.17, 15) is 13.2 Å². The van der Waals surface area contributed by atoms with Crippen molar-refractivity contribution in [2.45, 2.75) is 38.5 Å². The number of aromatic nitrogens is 2. The number of guanidine groups is 1. The van der Waals surface area contributed by atoms with Crippen LogP contribution in [-0.4, -0.2) is 28.3 Å². The predicted octanol–water partition coefficient (Wildman–Crippen LogP) is 2.83. The fourth-order valence-electron chi connectivity index (χ4n) is 2.30. The fraction of sp³-hybridized carbons (Fsp3) is 0.571. The van der Waals surface area contributed by atoms with Gasteiger partial charge in [-0.25, -0.2) is 4.99 Å². The van der Waals surface area contributed by atoms with Crippen LogP contribution in [0.4, 0.5) is 13.2 Å². The number of hydrogen-bond donors (Lipinski definition) is 2. The Labute approximate surface area is 150 Å². The van der Waals surface area contributed by atoms with Gasteiger partial charge in [-0.15, -0.1) is 24.0 Å². The van der Waals surface area contributed by atoms with E-state index in [2.05, 4.69) is 32.9 Å². The maximum Gasteiger partial charge on any atom is 0.435 e. The van der Waals surface area contributed by atoms with Gasteiger partial charge in [0.25, 0.3) is 0 Å². The average molecular weight is 443 g/mol. The van der Waals surface area contributed by atoms with E-state index in [1.54, 1.807) is 0 Å². The van der Waals surface area contributed by atoms with E-state index in [-0.39, 0.29) is 42.1 Å². The molecule has 0 bridgehead atoms. The Morgan fingerprint density at radius 3 is 2.61 bits per heavy atom. The molecule has 0 saturated carbocycles. The van der Waals surface area contributed by atoms with E-state index in [0.717, 1.165) is 17.5 Å². The van der Waals surface area contributed by atoms with E-state index in [4.69, 9.17) is 0 Å². The van der Waals surface area contributed by atoms with Gasteiger partial charge in [0.05, 0.1) is 6.54 Å². The maximum absolute atomic E-state index is 12.9. The van der Waals surface area contributed by atoms with Gasteiger partial charge in [0, 0.05) is 31.4 Å². The average Bonchev–Trinajstić information content (AvgIpc) is 3.05. The van der Waals surface area contributed by atoms with Crippen molar-refractivity contribution in [3.8, 4) is 0 Å². The predicted molar refractivity (Wildman–Crippen MR) is 93.7 cm³/mol. The van der Waals surface area contributed by atoms with Gasteiger partial charge in [0.1, 0.15) is 0 Å². The Kier molecular flexibility index (Phi) is 7.36. The number of nitrogens with one attached hydrogen (secondary N) is 2. The van der Waals surface area contributed by atoms with Gasteiger partial charge in [0.2, 0.25) is 0 Å². The lowest BCUT2D eigenvalue weighted by Crippen LogP contribution is -2.42. The van der Waals surface area contributed by atoms with Crippen molar-refractivity contribution >= 4 is 29.9 Å². The molecule has 130 valence electrons. The van der Waals surface area contributed by atoms with Crippen molar-refractivity contribution in [1.82, 2.24) is 20.4 Å². The van der Waals surface area contributed by atoms with Crippen LogP contribution in [0.2, 0.25) is 0 Å². The normalized spacial score (nSPS) is 15.6. The molecule has 0 fully saturated rings. The smallest absolute Gasteiger partial charge is 0.357 e. The third-order valence-corrected chi connectivity index (χ3v) is 3.27. The van der Waals surface area contributed by atoms with Crippen LogP contribution in [0.3, 0.4) is 0 Å². The second-order valence-corrected chi connectivity index (χ2v) is 5.15. The summed E-state index contributed by atoms with van der Waals surface area (Å²) in [6.45, 7) is 2.48. The van der Waals surface area contributed by atoms with Crippen molar-refractivity contribution < 1.29 is 13.2 Å². The molecule has 1 aliphatic rings. The van der Waals surface area contributed by atoms with E-state index < -0.39 is 11.9 Å². The van der Waals surface area contributed by atoms with Crippen molar-refractivity contribution in [2.24, 2.45) is 12.0 Å². The van der Waals surface area contributed by atoms with E-state index in [1.807, 2.05) is 6.92 Å². The van der Waals surface area contributed by atoms with E-state index in [0.29, 0.717) is 12.5 Å². The Hall–Kier alpha value is -1.26. The molecule has 0 radical (unpaired) electrons. The molecule has 0 amide bonds. The van der Waals surface area contributed by atoms with Crippen molar-refractivity contribution in [3.63, 3.8) is 0 Å². The minimum absolute atomic E-state index is 0. The molecule has 1 aliphatic carbocycles. The molecule has 0 unspecified atom stereocenters. The molecule has 0 spiro atoms. The van der Waals surface area contributed by atoms with Crippen LogP contribution < -0.4 is 10.6 Å². The highest BCUT2D eigenvalue weighted by molar-refractivity contribution is 14.0. The Balaban J connectivity index is 0.00000264. The minimum Gasteiger partial charge on any atom is -0.357 e. The van der Waals surface area contributed by atoms with Crippen molar-refractivity contribution in [2.75, 3.05) is 6.54 Å². The molecule has 1 aromatic heterocycles. The quantitative estimate of drug-likeness (QED) is 0.326. The first-order valence-electron chi connectivity index (χ1n) is 7.19. The lowest BCUT2D eigenvalue weighted by atomic mass is 10.2. The second kappa shape index (κ2) is 8.55. The summed E-state index contributed by atoms with van der Waals surface area (Å²) in [6.07, 6.45) is 2.82. The molecular weight excluding hydrogens is 422 g/mol. The van der Waals surface area contributed by atoms with E-state index in [1.165, 1.54) is 13.2 Å². The van der Waals surface area contributed by atoms with Gasteiger partial charge in [-0.05, 0) is 19.8 Å². The summed E-state index contributed by atoms with van der Waals surface area (Å²) in [5.74, 6) is 0.521. The summed E-state index contributed by atoms with van der Waals surface area (Å²) in [5.41, 5.74) is -0.811. The lowest BCUT2D eigenvalue weighted by Gasteiger charge is -2.16. The molecule has 9 heteroatoms. The molecule has 0 saturated heterocycles. The highest BCUT2D eigenvalue weighted by Gasteiger charge is 2.36. The Morgan fingerprint density at radius 1 is 1.39 bits per heavy atom. The zero-order valence-corrected chi connectivity index (χ0v) is 15.4. The third kappa shape index (κ3) is 5.70. The van der Waals surface area contributed by atoms with Gasteiger partial charge in [0.15, 0.2) is 11.7 Å². The van der Waals surface area contributed by atoms with Crippen LogP contribution in [0.15, 0.2) is 23.3 Å². The van der Waals surface area contributed by atoms with Crippen LogP contribution in [0, 0.1) is 0 Å². The molecule has 2 rings (SSSR count). The number of halogens is 4. The lowest BCUT2D eigenvalue weighted by molar-refractivity contribution is -0.142. The van der Waals surface area contributed by atoms with Gasteiger partial charge in [-0.1, -0.05) is 12.2 Å². The third-order valence-electron chi connectivity index (χ3n) is 3.27. The van der Waals surface area contributed by atoms with Gasteiger partial charge in [-0.2, -0.15) is 18.3 Å². The molecule has 0 atom stereocenters.